The van der Waals surface area contributed by atoms with E-state index in [-0.39, 0.29) is 30.6 Å². The van der Waals surface area contributed by atoms with Gasteiger partial charge >= 0.3 is 0 Å². The second kappa shape index (κ2) is 12.9. The summed E-state index contributed by atoms with van der Waals surface area (Å²) >= 11 is 6.32. The molecule has 0 aliphatic rings. The Bertz CT molecular complexity index is 1070. The van der Waals surface area contributed by atoms with Crippen LogP contribution in [0.25, 0.3) is 0 Å². The second-order valence-corrected chi connectivity index (χ2v) is 8.67. The van der Waals surface area contributed by atoms with Gasteiger partial charge in [-0.3, -0.25) is 9.59 Å². The Morgan fingerprint density at radius 2 is 1.62 bits per heavy atom. The minimum atomic E-state index is -0.723. The number of hydrogen-bond donors (Lipinski definition) is 1. The second-order valence-electron chi connectivity index (χ2n) is 8.27. The molecule has 178 valence electrons. The molecule has 0 aromatic heterocycles. The summed E-state index contributed by atoms with van der Waals surface area (Å²) in [6, 6.07) is 22.1. The highest BCUT2D eigenvalue weighted by atomic mass is 35.5. The third-order valence-corrected chi connectivity index (χ3v) is 6.04. The van der Waals surface area contributed by atoms with E-state index in [2.05, 4.69) is 12.2 Å². The van der Waals surface area contributed by atoms with Gasteiger partial charge in [0.25, 0.3) is 0 Å². The minimum Gasteiger partial charge on any atom is -0.354 e. The van der Waals surface area contributed by atoms with Crippen LogP contribution in [0.4, 0.5) is 4.39 Å². The average molecular weight is 481 g/mol. The molecular formula is C28H30ClFN2O2. The van der Waals surface area contributed by atoms with Crippen molar-refractivity contribution in [2.45, 2.75) is 45.2 Å². The van der Waals surface area contributed by atoms with Crippen molar-refractivity contribution in [2.24, 2.45) is 0 Å². The van der Waals surface area contributed by atoms with Gasteiger partial charge in [0.2, 0.25) is 11.8 Å². The molecule has 0 saturated heterocycles. The lowest BCUT2D eigenvalue weighted by Crippen LogP contribution is -2.51. The van der Waals surface area contributed by atoms with Crippen LogP contribution in [0.5, 0.6) is 0 Å². The number of amides is 2. The van der Waals surface area contributed by atoms with Crippen LogP contribution in [0, 0.1) is 5.82 Å². The molecule has 0 aliphatic heterocycles. The lowest BCUT2D eigenvalue weighted by Gasteiger charge is -2.32. The van der Waals surface area contributed by atoms with E-state index in [0.717, 1.165) is 24.0 Å². The number of halogens is 2. The van der Waals surface area contributed by atoms with Crippen molar-refractivity contribution in [3.63, 3.8) is 0 Å². The molecule has 34 heavy (non-hydrogen) atoms. The molecule has 6 heteroatoms. The third kappa shape index (κ3) is 7.42. The molecule has 0 aliphatic carbocycles. The van der Waals surface area contributed by atoms with E-state index in [4.69, 9.17) is 11.6 Å². The number of carbonyl (C=O) groups is 2. The topological polar surface area (TPSA) is 49.4 Å². The molecule has 3 aromatic rings. The Morgan fingerprint density at radius 3 is 2.29 bits per heavy atom. The van der Waals surface area contributed by atoms with Crippen LogP contribution in [-0.4, -0.2) is 29.3 Å². The van der Waals surface area contributed by atoms with Gasteiger partial charge in [0.05, 0.1) is 6.42 Å². The number of unbranched alkanes of at least 4 members (excludes halogenated alkanes) is 1. The van der Waals surface area contributed by atoms with E-state index in [1.165, 1.54) is 12.1 Å². The summed E-state index contributed by atoms with van der Waals surface area (Å²) in [6.45, 7) is 2.79. The first-order valence-corrected chi connectivity index (χ1v) is 11.9. The van der Waals surface area contributed by atoms with Gasteiger partial charge in [-0.05, 0) is 41.3 Å². The summed E-state index contributed by atoms with van der Waals surface area (Å²) in [4.78, 5) is 28.5. The Labute approximate surface area is 205 Å². The monoisotopic (exact) mass is 480 g/mol. The molecule has 4 nitrogen and oxygen atoms in total. The van der Waals surface area contributed by atoms with Gasteiger partial charge < -0.3 is 10.2 Å². The quantitative estimate of drug-likeness (QED) is 0.364. The normalized spacial score (nSPS) is 11.6. The molecule has 0 saturated carbocycles. The molecule has 1 atom stereocenters. The van der Waals surface area contributed by atoms with Gasteiger partial charge in [-0.1, -0.05) is 85.6 Å². The number of hydrogen-bond acceptors (Lipinski definition) is 2. The van der Waals surface area contributed by atoms with Crippen LogP contribution in [-0.2, 0) is 29.0 Å². The highest BCUT2D eigenvalue weighted by Crippen LogP contribution is 2.20. The van der Waals surface area contributed by atoms with Gasteiger partial charge in [-0.15, -0.1) is 0 Å². The fraction of sp³-hybridized carbons (Fsp3) is 0.286. The Kier molecular flexibility index (Phi) is 9.65. The summed E-state index contributed by atoms with van der Waals surface area (Å²) in [7, 11) is 0. The largest absolute Gasteiger partial charge is 0.354 e. The molecule has 1 N–H and O–H groups in total. The zero-order valence-corrected chi connectivity index (χ0v) is 20.1. The predicted molar refractivity (Wildman–Crippen MR) is 134 cm³/mol. The summed E-state index contributed by atoms with van der Waals surface area (Å²) in [6.07, 6.45) is 2.24. The van der Waals surface area contributed by atoms with Crippen molar-refractivity contribution in [3.8, 4) is 0 Å². The van der Waals surface area contributed by atoms with Crippen molar-refractivity contribution in [2.75, 3.05) is 6.54 Å². The SMILES string of the molecule is CCCCNC(=O)[C@H](Cc1ccccc1)N(Cc1ccc(F)cc1)C(=O)Cc1ccccc1Cl. The van der Waals surface area contributed by atoms with Crippen molar-refractivity contribution < 1.29 is 14.0 Å². The zero-order valence-electron chi connectivity index (χ0n) is 19.3. The van der Waals surface area contributed by atoms with Gasteiger partial charge in [-0.25, -0.2) is 4.39 Å². The van der Waals surface area contributed by atoms with Crippen LogP contribution in [0.1, 0.15) is 36.5 Å². The Morgan fingerprint density at radius 1 is 0.941 bits per heavy atom. The molecule has 2 amide bonds. The standard InChI is InChI=1S/C28H30ClFN2O2/c1-2-3-17-31-28(34)26(18-21-9-5-4-6-10-21)32(20-22-13-15-24(30)16-14-22)27(33)19-23-11-7-8-12-25(23)29/h4-16,26H,2-3,17-20H2,1H3,(H,31,34)/t26-/m0/s1. The lowest BCUT2D eigenvalue weighted by atomic mass is 10.0. The highest BCUT2D eigenvalue weighted by Gasteiger charge is 2.30. The van der Waals surface area contributed by atoms with Crippen molar-refractivity contribution in [1.29, 1.82) is 0 Å². The Balaban J connectivity index is 1.94. The van der Waals surface area contributed by atoms with Gasteiger partial charge in [0.1, 0.15) is 11.9 Å². The van der Waals surface area contributed by atoms with E-state index >= 15 is 0 Å². The zero-order chi connectivity index (χ0) is 24.3. The number of nitrogens with one attached hydrogen (secondary N) is 1. The van der Waals surface area contributed by atoms with Gasteiger partial charge in [0, 0.05) is 24.5 Å². The van der Waals surface area contributed by atoms with E-state index < -0.39 is 6.04 Å². The molecule has 0 heterocycles. The molecule has 3 rings (SSSR count). The van der Waals surface area contributed by atoms with E-state index in [1.807, 2.05) is 48.5 Å². The average Bonchev–Trinajstić information content (AvgIpc) is 2.84. The van der Waals surface area contributed by atoms with Crippen molar-refractivity contribution >= 4 is 23.4 Å². The van der Waals surface area contributed by atoms with Crippen LogP contribution in [0.3, 0.4) is 0 Å². The van der Waals surface area contributed by atoms with Gasteiger partial charge in [0.15, 0.2) is 0 Å². The predicted octanol–water partition coefficient (Wildman–Crippen LogP) is 5.58. The highest BCUT2D eigenvalue weighted by molar-refractivity contribution is 6.31. The molecule has 3 aromatic carbocycles. The fourth-order valence-corrected chi connectivity index (χ4v) is 3.96. The van der Waals surface area contributed by atoms with Crippen molar-refractivity contribution in [1.82, 2.24) is 10.2 Å². The molecule has 0 fully saturated rings. The maximum atomic E-state index is 13.6. The summed E-state index contributed by atoms with van der Waals surface area (Å²) < 4.78 is 13.5. The Hall–Kier alpha value is -3.18. The molecular weight excluding hydrogens is 451 g/mol. The summed E-state index contributed by atoms with van der Waals surface area (Å²) in [5.41, 5.74) is 2.39. The fourth-order valence-electron chi connectivity index (χ4n) is 3.75. The number of carbonyl (C=O) groups excluding carboxylic acids is 2. The van der Waals surface area contributed by atoms with E-state index in [9.17, 15) is 14.0 Å². The van der Waals surface area contributed by atoms with Crippen LogP contribution < -0.4 is 5.32 Å². The first kappa shape index (κ1) is 25.4. The first-order chi connectivity index (χ1) is 16.5. The van der Waals surface area contributed by atoms with Crippen molar-refractivity contribution in [3.05, 3.63) is 106 Å². The van der Waals surface area contributed by atoms with E-state index in [0.29, 0.717) is 23.6 Å². The number of nitrogens with zero attached hydrogens (tertiary/aromatic N) is 1. The van der Waals surface area contributed by atoms with Crippen LogP contribution in [0.2, 0.25) is 5.02 Å². The summed E-state index contributed by atoms with van der Waals surface area (Å²) in [5, 5.41) is 3.49. The molecule has 0 bridgehead atoms. The third-order valence-electron chi connectivity index (χ3n) is 5.67. The minimum absolute atomic E-state index is 0.0639. The van der Waals surface area contributed by atoms with Crippen LogP contribution in [0.15, 0.2) is 78.9 Å². The van der Waals surface area contributed by atoms with Crippen LogP contribution >= 0.6 is 11.6 Å². The molecule has 0 unspecified atom stereocenters. The number of rotatable bonds is 11. The maximum absolute atomic E-state index is 13.6. The van der Waals surface area contributed by atoms with E-state index in [1.54, 1.807) is 23.1 Å². The lowest BCUT2D eigenvalue weighted by molar-refractivity contribution is -0.140. The molecule has 0 spiro atoms. The first-order valence-electron chi connectivity index (χ1n) is 11.6. The molecule has 0 radical (unpaired) electrons. The van der Waals surface area contributed by atoms with Gasteiger partial charge in [-0.2, -0.15) is 0 Å². The summed E-state index contributed by atoms with van der Waals surface area (Å²) in [5.74, 6) is -0.772. The smallest absolute Gasteiger partial charge is 0.243 e. The number of benzene rings is 3. The maximum Gasteiger partial charge on any atom is 0.243 e.